The van der Waals surface area contributed by atoms with Gasteiger partial charge in [0.15, 0.2) is 5.69 Å². The molecule has 0 atom stereocenters. The van der Waals surface area contributed by atoms with Gasteiger partial charge in [-0.2, -0.15) is 0 Å². The van der Waals surface area contributed by atoms with Gasteiger partial charge in [-0.15, -0.1) is 0 Å². The first-order valence-electron chi connectivity index (χ1n) is 9.79. The number of carbonyl (C=O) groups excluding carboxylic acids is 2. The first-order chi connectivity index (χ1) is 14.9. The fourth-order valence-electron chi connectivity index (χ4n) is 3.26. The summed E-state index contributed by atoms with van der Waals surface area (Å²) in [5, 5.41) is 2.93. The number of nitrogens with one attached hydrogen (secondary N) is 1. The number of hydrogen-bond donors (Lipinski definition) is 1. The van der Waals surface area contributed by atoms with Crippen LogP contribution in [0, 0.1) is 0 Å². The maximum absolute atomic E-state index is 12.4. The van der Waals surface area contributed by atoms with Gasteiger partial charge in [0.1, 0.15) is 18.1 Å². The minimum absolute atomic E-state index is 0.153. The normalized spacial score (nSPS) is 10.7. The number of aryl methyl sites for hydroxylation is 1. The Labute approximate surface area is 180 Å². The molecule has 2 aromatic carbocycles. The van der Waals surface area contributed by atoms with Gasteiger partial charge in [-0.05, 0) is 42.5 Å². The average Bonchev–Trinajstić information content (AvgIpc) is 3.10. The van der Waals surface area contributed by atoms with Crippen LogP contribution in [0.5, 0.6) is 5.75 Å². The number of fused-ring (bicyclic) bond motifs is 1. The molecule has 2 amide bonds. The molecule has 0 unspecified atom stereocenters. The van der Waals surface area contributed by atoms with E-state index in [-0.39, 0.29) is 5.91 Å². The Bertz CT molecular complexity index is 1250. The Kier molecular flexibility index (Phi) is 5.41. The van der Waals surface area contributed by atoms with Crippen LogP contribution >= 0.6 is 0 Å². The highest BCUT2D eigenvalue weighted by Gasteiger charge is 2.17. The Balaban J connectivity index is 1.58. The van der Waals surface area contributed by atoms with Crippen LogP contribution in [0.15, 0.2) is 79.1 Å². The third-order valence-electron chi connectivity index (χ3n) is 4.94. The van der Waals surface area contributed by atoms with Crippen molar-refractivity contribution in [2.75, 3.05) is 19.4 Å². The maximum Gasteiger partial charge on any atom is 0.414 e. The van der Waals surface area contributed by atoms with Crippen molar-refractivity contribution in [3.05, 3.63) is 84.7 Å². The smallest absolute Gasteiger partial charge is 0.410 e. The SMILES string of the molecule is CN(C)C(=O)Oc1ccc(-c2c[n+]3cc(NC(=O)c4ccccc4)ccc3n2C)cc1. The molecule has 0 saturated carbocycles. The summed E-state index contributed by atoms with van der Waals surface area (Å²) in [6.45, 7) is 0. The highest BCUT2D eigenvalue weighted by Crippen LogP contribution is 2.23. The molecule has 4 rings (SSSR count). The highest BCUT2D eigenvalue weighted by atomic mass is 16.6. The number of pyridine rings is 1. The topological polar surface area (TPSA) is 67.7 Å². The lowest BCUT2D eigenvalue weighted by Gasteiger charge is -2.10. The molecule has 0 fully saturated rings. The van der Waals surface area contributed by atoms with Crippen molar-refractivity contribution in [3.8, 4) is 17.0 Å². The fourth-order valence-corrected chi connectivity index (χ4v) is 3.26. The first kappa shape index (κ1) is 20.2. The molecule has 0 aliphatic heterocycles. The van der Waals surface area contributed by atoms with Crippen LogP contribution in [0.25, 0.3) is 16.9 Å². The van der Waals surface area contributed by atoms with Crippen LogP contribution in [0.4, 0.5) is 10.5 Å². The number of rotatable bonds is 4. The Hall–Kier alpha value is -4.13. The van der Waals surface area contributed by atoms with Crippen LogP contribution in [-0.2, 0) is 7.05 Å². The summed E-state index contributed by atoms with van der Waals surface area (Å²) in [4.78, 5) is 25.5. The molecule has 0 aliphatic rings. The molecule has 0 saturated heterocycles. The summed E-state index contributed by atoms with van der Waals surface area (Å²) in [5.41, 5.74) is 4.24. The zero-order chi connectivity index (χ0) is 22.0. The third kappa shape index (κ3) is 4.25. The minimum atomic E-state index is -0.419. The van der Waals surface area contributed by atoms with Crippen molar-refractivity contribution in [3.63, 3.8) is 0 Å². The zero-order valence-corrected chi connectivity index (χ0v) is 17.6. The average molecular weight is 415 g/mol. The quantitative estimate of drug-likeness (QED) is 0.516. The van der Waals surface area contributed by atoms with Gasteiger partial charge in [0.25, 0.3) is 11.6 Å². The molecule has 156 valence electrons. The lowest BCUT2D eigenvalue weighted by atomic mass is 10.1. The number of aromatic nitrogens is 2. The predicted octanol–water partition coefficient (Wildman–Crippen LogP) is 3.74. The van der Waals surface area contributed by atoms with E-state index in [1.165, 1.54) is 4.90 Å². The van der Waals surface area contributed by atoms with E-state index in [1.807, 2.05) is 66.3 Å². The largest absolute Gasteiger partial charge is 0.414 e. The van der Waals surface area contributed by atoms with Gasteiger partial charge < -0.3 is 15.0 Å². The molecule has 2 heterocycles. The zero-order valence-electron chi connectivity index (χ0n) is 17.6. The molecule has 7 heteroatoms. The van der Waals surface area contributed by atoms with Crippen molar-refractivity contribution in [2.45, 2.75) is 0 Å². The molecule has 4 aromatic rings. The maximum atomic E-state index is 12.4. The van der Waals surface area contributed by atoms with E-state index in [1.54, 1.807) is 38.4 Å². The van der Waals surface area contributed by atoms with Crippen molar-refractivity contribution in [1.82, 2.24) is 9.47 Å². The van der Waals surface area contributed by atoms with Crippen molar-refractivity contribution >= 4 is 23.3 Å². The van der Waals surface area contributed by atoms with Gasteiger partial charge in [0.05, 0.1) is 12.7 Å². The second-order valence-electron chi connectivity index (χ2n) is 7.36. The number of nitrogens with zero attached hydrogens (tertiary/aromatic N) is 3. The van der Waals surface area contributed by atoms with Gasteiger partial charge in [-0.3, -0.25) is 4.79 Å². The number of amides is 2. The summed E-state index contributed by atoms with van der Waals surface area (Å²) in [6.07, 6.45) is 3.46. The van der Waals surface area contributed by atoms with Crippen LogP contribution in [-0.4, -0.2) is 35.6 Å². The predicted molar refractivity (Wildman–Crippen MR) is 118 cm³/mol. The summed E-state index contributed by atoms with van der Waals surface area (Å²) < 4.78 is 9.31. The summed E-state index contributed by atoms with van der Waals surface area (Å²) in [7, 11) is 5.26. The van der Waals surface area contributed by atoms with E-state index < -0.39 is 6.09 Å². The molecular weight excluding hydrogens is 392 g/mol. The fraction of sp³-hybridized carbons (Fsp3) is 0.125. The number of benzene rings is 2. The molecule has 0 aliphatic carbocycles. The summed E-state index contributed by atoms with van der Waals surface area (Å²) >= 11 is 0. The number of hydrogen-bond acceptors (Lipinski definition) is 3. The molecule has 2 aromatic heterocycles. The molecule has 7 nitrogen and oxygen atoms in total. The van der Waals surface area contributed by atoms with Gasteiger partial charge in [-0.25, -0.2) is 13.8 Å². The molecule has 0 spiro atoms. The lowest BCUT2D eigenvalue weighted by Crippen LogP contribution is -2.25. The van der Waals surface area contributed by atoms with E-state index in [4.69, 9.17) is 4.74 Å². The van der Waals surface area contributed by atoms with E-state index in [0.29, 0.717) is 17.0 Å². The molecular formula is C24H23N4O3+. The molecule has 31 heavy (non-hydrogen) atoms. The second kappa shape index (κ2) is 8.31. The van der Waals surface area contributed by atoms with Crippen molar-refractivity contribution in [1.29, 1.82) is 0 Å². The third-order valence-corrected chi connectivity index (χ3v) is 4.94. The Morgan fingerprint density at radius 1 is 0.935 bits per heavy atom. The van der Waals surface area contributed by atoms with E-state index in [2.05, 4.69) is 9.88 Å². The monoisotopic (exact) mass is 415 g/mol. The van der Waals surface area contributed by atoms with Gasteiger partial charge in [-0.1, -0.05) is 18.2 Å². The van der Waals surface area contributed by atoms with Crippen LogP contribution in [0.2, 0.25) is 0 Å². The minimum Gasteiger partial charge on any atom is -0.410 e. The van der Waals surface area contributed by atoms with Crippen LogP contribution in [0.1, 0.15) is 10.4 Å². The van der Waals surface area contributed by atoms with Gasteiger partial charge in [0, 0.05) is 31.3 Å². The van der Waals surface area contributed by atoms with Crippen molar-refractivity contribution < 1.29 is 18.7 Å². The standard InChI is InChI=1S/C24H22N4O3/c1-26(2)24(30)31-20-12-9-17(10-13-20)21-16-28-15-19(11-14-22(28)27(21)3)25-23(29)18-7-5-4-6-8-18/h4-16H,1-3H3/p+1. The lowest BCUT2D eigenvalue weighted by molar-refractivity contribution is -0.509. The Morgan fingerprint density at radius 2 is 1.65 bits per heavy atom. The summed E-state index contributed by atoms with van der Waals surface area (Å²) in [6, 6.07) is 20.3. The van der Waals surface area contributed by atoms with Crippen molar-refractivity contribution in [2.24, 2.45) is 7.05 Å². The number of imidazole rings is 1. The van der Waals surface area contributed by atoms with Gasteiger partial charge in [0.2, 0.25) is 0 Å². The second-order valence-corrected chi connectivity index (χ2v) is 7.36. The molecule has 0 radical (unpaired) electrons. The number of anilines is 1. The molecule has 1 N–H and O–H groups in total. The number of ether oxygens (including phenoxy) is 1. The van der Waals surface area contributed by atoms with E-state index >= 15 is 0 Å². The first-order valence-corrected chi connectivity index (χ1v) is 9.79. The van der Waals surface area contributed by atoms with E-state index in [9.17, 15) is 9.59 Å². The molecule has 0 bridgehead atoms. The summed E-state index contributed by atoms with van der Waals surface area (Å²) in [5.74, 6) is 0.333. The Morgan fingerprint density at radius 3 is 2.32 bits per heavy atom. The number of carbonyl (C=O) groups is 2. The van der Waals surface area contributed by atoms with Crippen LogP contribution in [0.3, 0.4) is 0 Å². The highest BCUT2D eigenvalue weighted by molar-refractivity contribution is 6.04. The van der Waals surface area contributed by atoms with Crippen LogP contribution < -0.4 is 14.5 Å². The van der Waals surface area contributed by atoms with Gasteiger partial charge >= 0.3 is 6.09 Å². The van der Waals surface area contributed by atoms with E-state index in [0.717, 1.165) is 16.9 Å².